The topological polar surface area (TPSA) is 49.8 Å². The number of nitrogens with zero attached hydrogens (tertiary/aromatic N) is 1. The highest BCUT2D eigenvalue weighted by atomic mass is 127. The molecule has 6 heteroatoms. The average molecular weight is 384 g/mol. The van der Waals surface area contributed by atoms with Crippen LogP contribution in [0.5, 0.6) is 5.75 Å². The summed E-state index contributed by atoms with van der Waals surface area (Å²) >= 11 is 8.10. The third-order valence-corrected chi connectivity index (χ3v) is 4.24. The smallest absolute Gasteiger partial charge is 0.257 e. The molecular weight excluding hydrogens is 368 g/mol. The molecule has 1 atom stereocenters. The number of halogens is 2. The molecule has 0 aromatic heterocycles. The SMILES string of the molecule is COc1cc(I)c(Cl)cc1C(=O)N(C)C(C)CO. The van der Waals surface area contributed by atoms with Gasteiger partial charge in [-0.3, -0.25) is 4.79 Å². The van der Waals surface area contributed by atoms with Crippen LogP contribution in [-0.2, 0) is 0 Å². The summed E-state index contributed by atoms with van der Waals surface area (Å²) in [6.45, 7) is 1.67. The van der Waals surface area contributed by atoms with E-state index in [9.17, 15) is 4.79 Å². The molecule has 0 fully saturated rings. The third-order valence-electron chi connectivity index (χ3n) is 2.72. The summed E-state index contributed by atoms with van der Waals surface area (Å²) in [5.41, 5.74) is 0.394. The second-order valence-electron chi connectivity index (χ2n) is 3.91. The molecule has 0 aliphatic rings. The molecule has 1 unspecified atom stereocenters. The lowest BCUT2D eigenvalue weighted by molar-refractivity contribution is 0.0679. The number of carbonyl (C=O) groups is 1. The minimum absolute atomic E-state index is 0.0946. The summed E-state index contributed by atoms with van der Waals surface area (Å²) in [6, 6.07) is 3.04. The van der Waals surface area contributed by atoms with Crippen LogP contribution in [0.1, 0.15) is 17.3 Å². The molecule has 0 heterocycles. The maximum Gasteiger partial charge on any atom is 0.257 e. The highest BCUT2D eigenvalue weighted by Gasteiger charge is 2.21. The maximum atomic E-state index is 12.3. The Hall–Kier alpha value is -0.530. The molecule has 1 rings (SSSR count). The van der Waals surface area contributed by atoms with Gasteiger partial charge in [-0.15, -0.1) is 0 Å². The van der Waals surface area contributed by atoms with Crippen molar-refractivity contribution in [2.45, 2.75) is 13.0 Å². The fraction of sp³-hybridized carbons (Fsp3) is 0.417. The molecule has 0 saturated heterocycles. The fourth-order valence-electron chi connectivity index (χ4n) is 1.38. The van der Waals surface area contributed by atoms with E-state index in [2.05, 4.69) is 22.6 Å². The first kappa shape index (κ1) is 15.5. The van der Waals surface area contributed by atoms with Gasteiger partial charge in [-0.1, -0.05) is 11.6 Å². The van der Waals surface area contributed by atoms with Gasteiger partial charge >= 0.3 is 0 Å². The van der Waals surface area contributed by atoms with E-state index in [4.69, 9.17) is 21.4 Å². The van der Waals surface area contributed by atoms with Crippen LogP contribution in [0.15, 0.2) is 12.1 Å². The van der Waals surface area contributed by atoms with Gasteiger partial charge in [-0.25, -0.2) is 0 Å². The first-order valence-electron chi connectivity index (χ1n) is 5.33. The molecule has 18 heavy (non-hydrogen) atoms. The van der Waals surface area contributed by atoms with E-state index < -0.39 is 0 Å². The molecule has 1 N–H and O–H groups in total. The fourth-order valence-corrected chi connectivity index (χ4v) is 1.98. The van der Waals surface area contributed by atoms with Crippen LogP contribution >= 0.6 is 34.2 Å². The van der Waals surface area contributed by atoms with Crippen molar-refractivity contribution in [1.29, 1.82) is 0 Å². The van der Waals surface area contributed by atoms with Crippen LogP contribution in [0.2, 0.25) is 5.02 Å². The second-order valence-corrected chi connectivity index (χ2v) is 5.48. The van der Waals surface area contributed by atoms with Crippen LogP contribution in [0, 0.1) is 3.57 Å². The Morgan fingerprint density at radius 2 is 2.22 bits per heavy atom. The van der Waals surface area contributed by atoms with Gasteiger partial charge in [0.25, 0.3) is 5.91 Å². The predicted molar refractivity (Wildman–Crippen MR) is 79.4 cm³/mol. The minimum Gasteiger partial charge on any atom is -0.496 e. The van der Waals surface area contributed by atoms with Crippen molar-refractivity contribution in [2.24, 2.45) is 0 Å². The highest BCUT2D eigenvalue weighted by molar-refractivity contribution is 14.1. The minimum atomic E-state index is -0.264. The molecule has 1 amide bonds. The number of rotatable bonds is 4. The van der Waals surface area contributed by atoms with Crippen molar-refractivity contribution >= 4 is 40.1 Å². The molecule has 0 spiro atoms. The van der Waals surface area contributed by atoms with Crippen molar-refractivity contribution in [2.75, 3.05) is 20.8 Å². The molecule has 0 aliphatic heterocycles. The number of aliphatic hydroxyl groups is 1. The van der Waals surface area contributed by atoms with Crippen molar-refractivity contribution < 1.29 is 14.6 Å². The molecule has 1 aromatic rings. The molecule has 0 bridgehead atoms. The second kappa shape index (κ2) is 6.58. The van der Waals surface area contributed by atoms with Crippen LogP contribution in [0.4, 0.5) is 0 Å². The van der Waals surface area contributed by atoms with Crippen LogP contribution in [0.3, 0.4) is 0 Å². The Morgan fingerprint density at radius 1 is 1.61 bits per heavy atom. The number of methoxy groups -OCH3 is 1. The maximum absolute atomic E-state index is 12.3. The zero-order valence-corrected chi connectivity index (χ0v) is 13.3. The lowest BCUT2D eigenvalue weighted by Crippen LogP contribution is -2.37. The molecule has 100 valence electrons. The van der Waals surface area contributed by atoms with Gasteiger partial charge < -0.3 is 14.7 Å². The molecule has 0 aliphatic carbocycles. The number of benzene rings is 1. The number of carbonyl (C=O) groups excluding carboxylic acids is 1. The lowest BCUT2D eigenvalue weighted by atomic mass is 10.1. The Kier molecular flexibility index (Phi) is 5.68. The number of likely N-dealkylation sites (N-methyl/N-ethyl adjacent to an activating group) is 1. The monoisotopic (exact) mass is 383 g/mol. The predicted octanol–water partition coefficient (Wildman–Crippen LogP) is 2.41. The van der Waals surface area contributed by atoms with Gasteiger partial charge in [-0.2, -0.15) is 0 Å². The van der Waals surface area contributed by atoms with Crippen molar-refractivity contribution in [1.82, 2.24) is 4.90 Å². The molecule has 0 radical (unpaired) electrons. The first-order valence-corrected chi connectivity index (χ1v) is 6.79. The van der Waals surface area contributed by atoms with Gasteiger partial charge in [-0.05, 0) is 41.6 Å². The number of hydrogen-bond donors (Lipinski definition) is 1. The summed E-state index contributed by atoms with van der Waals surface area (Å²) < 4.78 is 6.01. The lowest BCUT2D eigenvalue weighted by Gasteiger charge is -2.24. The number of ether oxygens (including phenoxy) is 1. The number of aliphatic hydroxyl groups excluding tert-OH is 1. The van der Waals surface area contributed by atoms with E-state index in [1.165, 1.54) is 12.0 Å². The Labute approximate surface area is 125 Å². The van der Waals surface area contributed by atoms with Crippen LogP contribution in [0.25, 0.3) is 0 Å². The van der Waals surface area contributed by atoms with Crippen LogP contribution in [-0.4, -0.2) is 42.7 Å². The number of amides is 1. The van der Waals surface area contributed by atoms with E-state index in [1.807, 2.05) is 0 Å². The summed E-state index contributed by atoms with van der Waals surface area (Å²) in [6.07, 6.45) is 0. The van der Waals surface area contributed by atoms with Gasteiger partial charge in [0, 0.05) is 10.6 Å². The van der Waals surface area contributed by atoms with E-state index in [0.717, 1.165) is 3.57 Å². The van der Waals surface area contributed by atoms with Crippen molar-refractivity contribution in [3.05, 3.63) is 26.3 Å². The van der Waals surface area contributed by atoms with E-state index in [0.29, 0.717) is 16.3 Å². The quantitative estimate of drug-likeness (QED) is 0.813. The highest BCUT2D eigenvalue weighted by Crippen LogP contribution is 2.29. The zero-order valence-electron chi connectivity index (χ0n) is 10.4. The van der Waals surface area contributed by atoms with Gasteiger partial charge in [0.2, 0.25) is 0 Å². The molecule has 0 saturated carbocycles. The normalized spacial score (nSPS) is 12.1. The summed E-state index contributed by atoms with van der Waals surface area (Å²) in [5.74, 6) is 0.248. The third kappa shape index (κ3) is 3.27. The van der Waals surface area contributed by atoms with Gasteiger partial charge in [0.05, 0.1) is 30.3 Å². The largest absolute Gasteiger partial charge is 0.496 e. The van der Waals surface area contributed by atoms with E-state index in [-0.39, 0.29) is 18.6 Å². The molecular formula is C12H15ClINO3. The standard InChI is InChI=1S/C12H15ClINO3/c1-7(6-16)15(2)12(17)8-4-9(13)10(14)5-11(8)18-3/h4-5,7,16H,6H2,1-3H3. The van der Waals surface area contributed by atoms with Crippen LogP contribution < -0.4 is 4.74 Å². The Morgan fingerprint density at radius 3 is 2.72 bits per heavy atom. The number of hydrogen-bond acceptors (Lipinski definition) is 3. The van der Waals surface area contributed by atoms with E-state index >= 15 is 0 Å². The summed E-state index contributed by atoms with van der Waals surface area (Å²) in [5, 5.41) is 9.58. The summed E-state index contributed by atoms with van der Waals surface area (Å²) in [7, 11) is 3.14. The van der Waals surface area contributed by atoms with Gasteiger partial charge in [0.1, 0.15) is 5.75 Å². The summed E-state index contributed by atoms with van der Waals surface area (Å²) in [4.78, 5) is 13.7. The molecule has 1 aromatic carbocycles. The first-order chi connectivity index (χ1) is 8.42. The van der Waals surface area contributed by atoms with Crippen molar-refractivity contribution in [3.63, 3.8) is 0 Å². The Balaban J connectivity index is 3.16. The molecule has 4 nitrogen and oxygen atoms in total. The van der Waals surface area contributed by atoms with Crippen molar-refractivity contribution in [3.8, 4) is 5.75 Å². The average Bonchev–Trinajstić information content (AvgIpc) is 2.38. The van der Waals surface area contributed by atoms with E-state index in [1.54, 1.807) is 26.1 Å². The Bertz CT molecular complexity index is 453. The zero-order chi connectivity index (χ0) is 13.9. The van der Waals surface area contributed by atoms with Gasteiger partial charge in [0.15, 0.2) is 0 Å².